The van der Waals surface area contributed by atoms with Crippen molar-refractivity contribution in [2.75, 3.05) is 0 Å². The Kier molecular flexibility index (Phi) is 4.29. The van der Waals surface area contributed by atoms with Crippen LogP contribution >= 0.6 is 38.9 Å². The average Bonchev–Trinajstić information content (AvgIpc) is 2.70. The van der Waals surface area contributed by atoms with Crippen molar-refractivity contribution in [2.45, 2.75) is 25.6 Å². The summed E-state index contributed by atoms with van der Waals surface area (Å²) in [6.07, 6.45) is 0.885. The third-order valence-corrected chi connectivity index (χ3v) is 5.15. The van der Waals surface area contributed by atoms with Gasteiger partial charge < -0.3 is 0 Å². The Morgan fingerprint density at radius 3 is 2.53 bits per heavy atom. The van der Waals surface area contributed by atoms with E-state index in [2.05, 4.69) is 60.1 Å². The molecule has 0 amide bonds. The second-order valence-corrected chi connectivity index (χ2v) is 7.25. The Hall–Kier alpha value is -0.310. The summed E-state index contributed by atoms with van der Waals surface area (Å²) in [4.78, 5) is 1.22. The summed E-state index contributed by atoms with van der Waals surface area (Å²) < 4.78 is 1.14. The van der Waals surface area contributed by atoms with Crippen molar-refractivity contribution in [2.24, 2.45) is 0 Å². The zero-order valence-electron chi connectivity index (χ0n) is 9.84. The second kappa shape index (κ2) is 5.55. The van der Waals surface area contributed by atoms with E-state index in [1.165, 1.54) is 21.6 Å². The lowest BCUT2D eigenvalue weighted by atomic mass is 10.0. The van der Waals surface area contributed by atoms with Gasteiger partial charge in [-0.3, -0.25) is 0 Å². The van der Waals surface area contributed by atoms with Crippen LogP contribution in [0.15, 0.2) is 34.1 Å². The van der Waals surface area contributed by atoms with Crippen LogP contribution in [-0.2, 0) is 6.42 Å². The third kappa shape index (κ3) is 3.34. The fourth-order valence-electron chi connectivity index (χ4n) is 1.73. The summed E-state index contributed by atoms with van der Waals surface area (Å²) >= 11 is 11.6. The van der Waals surface area contributed by atoms with E-state index in [1.807, 2.05) is 0 Å². The molecule has 1 aromatic carbocycles. The zero-order valence-corrected chi connectivity index (χ0v) is 13.0. The quantitative estimate of drug-likeness (QED) is 0.638. The van der Waals surface area contributed by atoms with Gasteiger partial charge >= 0.3 is 0 Å². The average molecular weight is 330 g/mol. The van der Waals surface area contributed by atoms with Crippen molar-refractivity contribution in [3.63, 3.8) is 0 Å². The third-order valence-electron chi connectivity index (χ3n) is 2.89. The molecule has 0 nitrogen and oxygen atoms in total. The predicted octanol–water partition coefficient (Wildman–Crippen LogP) is 5.65. The topological polar surface area (TPSA) is 0 Å². The lowest BCUT2D eigenvalue weighted by Crippen LogP contribution is -1.94. The summed E-state index contributed by atoms with van der Waals surface area (Å²) in [7, 11) is 0. The molecule has 0 spiro atoms. The molecule has 0 aliphatic carbocycles. The van der Waals surface area contributed by atoms with Crippen LogP contribution in [0.2, 0.25) is 0 Å². The summed E-state index contributed by atoms with van der Waals surface area (Å²) in [6, 6.07) is 10.7. The SMILES string of the molecule is Cc1ccc(CC(Cl)c2ccc(Br)s2)cc1C. The number of rotatable bonds is 3. The molecule has 90 valence electrons. The van der Waals surface area contributed by atoms with Crippen LogP contribution in [0.4, 0.5) is 0 Å². The fourth-order valence-corrected chi connectivity index (χ4v) is 3.52. The molecule has 0 saturated heterocycles. The van der Waals surface area contributed by atoms with E-state index in [-0.39, 0.29) is 5.38 Å². The molecule has 1 aromatic heterocycles. The molecular weight excluding hydrogens is 316 g/mol. The minimum absolute atomic E-state index is 0.0633. The van der Waals surface area contributed by atoms with Gasteiger partial charge in [-0.05, 0) is 65.0 Å². The van der Waals surface area contributed by atoms with Crippen LogP contribution in [0.25, 0.3) is 0 Å². The maximum atomic E-state index is 6.44. The van der Waals surface area contributed by atoms with Crippen LogP contribution in [-0.4, -0.2) is 0 Å². The molecule has 3 heteroatoms. The van der Waals surface area contributed by atoms with Crippen LogP contribution in [0, 0.1) is 13.8 Å². The lowest BCUT2D eigenvalue weighted by molar-refractivity contribution is 0.936. The highest BCUT2D eigenvalue weighted by Crippen LogP contribution is 2.33. The van der Waals surface area contributed by atoms with E-state index in [0.29, 0.717) is 0 Å². The van der Waals surface area contributed by atoms with Crippen LogP contribution in [0.3, 0.4) is 0 Å². The van der Waals surface area contributed by atoms with Crippen molar-refractivity contribution < 1.29 is 0 Å². The van der Waals surface area contributed by atoms with E-state index in [9.17, 15) is 0 Å². The number of hydrogen-bond acceptors (Lipinski definition) is 1. The molecule has 17 heavy (non-hydrogen) atoms. The summed E-state index contributed by atoms with van der Waals surface area (Å²) in [5, 5.41) is 0.0633. The molecule has 2 aromatic rings. The maximum absolute atomic E-state index is 6.44. The van der Waals surface area contributed by atoms with Crippen LogP contribution in [0.5, 0.6) is 0 Å². The van der Waals surface area contributed by atoms with E-state index in [0.717, 1.165) is 10.2 Å². The molecule has 0 aliphatic rings. The Balaban J connectivity index is 2.12. The first-order valence-corrected chi connectivity index (χ1v) is 7.56. The van der Waals surface area contributed by atoms with Crippen molar-refractivity contribution in [1.82, 2.24) is 0 Å². The van der Waals surface area contributed by atoms with Gasteiger partial charge in [0.25, 0.3) is 0 Å². The molecule has 2 rings (SSSR count). The second-order valence-electron chi connectivity index (χ2n) is 4.23. The monoisotopic (exact) mass is 328 g/mol. The Labute approximate surface area is 120 Å². The van der Waals surface area contributed by atoms with Gasteiger partial charge in [-0.2, -0.15) is 0 Å². The van der Waals surface area contributed by atoms with Gasteiger partial charge in [-0.25, -0.2) is 0 Å². The minimum Gasteiger partial charge on any atom is -0.132 e. The predicted molar refractivity (Wildman–Crippen MR) is 80.2 cm³/mol. The number of benzene rings is 1. The highest BCUT2D eigenvalue weighted by atomic mass is 79.9. The highest BCUT2D eigenvalue weighted by molar-refractivity contribution is 9.11. The molecule has 1 atom stereocenters. The number of hydrogen-bond donors (Lipinski definition) is 0. The maximum Gasteiger partial charge on any atom is 0.0719 e. The van der Waals surface area contributed by atoms with Crippen molar-refractivity contribution in [3.8, 4) is 0 Å². The number of halogens is 2. The summed E-state index contributed by atoms with van der Waals surface area (Å²) in [5.74, 6) is 0. The molecule has 0 radical (unpaired) electrons. The van der Waals surface area contributed by atoms with Gasteiger partial charge in [-0.1, -0.05) is 18.2 Å². The first-order valence-electron chi connectivity index (χ1n) is 5.51. The number of thiophene rings is 1. The van der Waals surface area contributed by atoms with Gasteiger partial charge in [0.1, 0.15) is 0 Å². The minimum atomic E-state index is 0.0633. The van der Waals surface area contributed by atoms with Crippen molar-refractivity contribution in [1.29, 1.82) is 0 Å². The van der Waals surface area contributed by atoms with Gasteiger partial charge in [0.15, 0.2) is 0 Å². The molecule has 0 fully saturated rings. The molecule has 0 aliphatic heterocycles. The van der Waals surface area contributed by atoms with Crippen LogP contribution < -0.4 is 0 Å². The molecule has 1 unspecified atom stereocenters. The smallest absolute Gasteiger partial charge is 0.0719 e. The number of aryl methyl sites for hydroxylation is 2. The molecule has 0 saturated carbocycles. The van der Waals surface area contributed by atoms with Crippen molar-refractivity contribution >= 4 is 38.9 Å². The highest BCUT2D eigenvalue weighted by Gasteiger charge is 2.11. The van der Waals surface area contributed by atoms with Gasteiger partial charge in [-0.15, -0.1) is 22.9 Å². The largest absolute Gasteiger partial charge is 0.132 e. The Morgan fingerprint density at radius 1 is 1.18 bits per heavy atom. The van der Waals surface area contributed by atoms with Gasteiger partial charge in [0, 0.05) is 4.88 Å². The number of alkyl halides is 1. The zero-order chi connectivity index (χ0) is 12.4. The molecule has 0 N–H and O–H groups in total. The normalized spacial score (nSPS) is 12.7. The van der Waals surface area contributed by atoms with E-state index < -0.39 is 0 Å². The summed E-state index contributed by atoms with van der Waals surface area (Å²) in [5.41, 5.74) is 3.97. The molecular formula is C14H14BrClS. The van der Waals surface area contributed by atoms with Gasteiger partial charge in [0.05, 0.1) is 9.16 Å². The summed E-state index contributed by atoms with van der Waals surface area (Å²) in [6.45, 7) is 4.28. The van der Waals surface area contributed by atoms with E-state index in [4.69, 9.17) is 11.6 Å². The van der Waals surface area contributed by atoms with E-state index >= 15 is 0 Å². The Morgan fingerprint density at radius 2 is 1.94 bits per heavy atom. The molecule has 1 heterocycles. The molecule has 0 bridgehead atoms. The van der Waals surface area contributed by atoms with Crippen LogP contribution in [0.1, 0.15) is 26.9 Å². The first kappa shape index (κ1) is 13.1. The van der Waals surface area contributed by atoms with Gasteiger partial charge in [0.2, 0.25) is 0 Å². The standard InChI is InChI=1S/C14H14BrClS/c1-9-3-4-11(7-10(9)2)8-12(16)13-5-6-14(15)17-13/h3-7,12H,8H2,1-2H3. The lowest BCUT2D eigenvalue weighted by Gasteiger charge is -2.09. The van der Waals surface area contributed by atoms with Crippen molar-refractivity contribution in [3.05, 3.63) is 55.7 Å². The Bertz CT molecular complexity index is 519. The first-order chi connectivity index (χ1) is 8.06. The van der Waals surface area contributed by atoms with E-state index in [1.54, 1.807) is 11.3 Å². The fraction of sp³-hybridized carbons (Fsp3) is 0.286.